The molecule has 0 N–H and O–H groups in total. The molecular formula is C16H35N3. The summed E-state index contributed by atoms with van der Waals surface area (Å²) in [7, 11) is 2.25. The number of piperazine rings is 1. The van der Waals surface area contributed by atoms with Crippen LogP contribution < -0.4 is 0 Å². The molecule has 2 saturated heterocycles. The van der Waals surface area contributed by atoms with Gasteiger partial charge in [-0.25, -0.2) is 0 Å². The van der Waals surface area contributed by atoms with Crippen LogP contribution in [0.4, 0.5) is 0 Å². The number of likely N-dealkylation sites (tertiary alicyclic amines) is 1. The van der Waals surface area contributed by atoms with Crippen molar-refractivity contribution in [2.75, 3.05) is 59.4 Å². The van der Waals surface area contributed by atoms with Crippen LogP contribution in [0.3, 0.4) is 0 Å². The van der Waals surface area contributed by atoms with Crippen molar-refractivity contribution in [3.8, 4) is 0 Å². The van der Waals surface area contributed by atoms with E-state index in [0.717, 1.165) is 5.92 Å². The van der Waals surface area contributed by atoms with Crippen molar-refractivity contribution < 1.29 is 0 Å². The first-order valence-corrected chi connectivity index (χ1v) is 8.41. The van der Waals surface area contributed by atoms with Crippen LogP contribution in [0.15, 0.2) is 0 Å². The van der Waals surface area contributed by atoms with Crippen LogP contribution in [-0.2, 0) is 0 Å². The Labute approximate surface area is 120 Å². The van der Waals surface area contributed by atoms with E-state index in [1.807, 2.05) is 13.8 Å². The Morgan fingerprint density at radius 3 is 1.89 bits per heavy atom. The topological polar surface area (TPSA) is 9.72 Å². The lowest BCUT2D eigenvalue weighted by Gasteiger charge is -2.38. The van der Waals surface area contributed by atoms with Gasteiger partial charge >= 0.3 is 0 Å². The fourth-order valence-corrected chi connectivity index (χ4v) is 3.12. The van der Waals surface area contributed by atoms with Gasteiger partial charge in [-0.1, -0.05) is 20.8 Å². The monoisotopic (exact) mass is 269 g/mol. The molecule has 2 aliphatic rings. The van der Waals surface area contributed by atoms with Crippen molar-refractivity contribution in [2.45, 2.75) is 40.0 Å². The Morgan fingerprint density at radius 2 is 1.37 bits per heavy atom. The molecule has 0 aromatic rings. The predicted octanol–water partition coefficient (Wildman–Crippen LogP) is 2.38. The van der Waals surface area contributed by atoms with Gasteiger partial charge in [0, 0.05) is 32.7 Å². The van der Waals surface area contributed by atoms with Gasteiger partial charge in [0.1, 0.15) is 0 Å². The van der Waals surface area contributed by atoms with Crippen LogP contribution in [0.25, 0.3) is 0 Å². The number of piperidine rings is 1. The van der Waals surface area contributed by atoms with Crippen molar-refractivity contribution in [3.05, 3.63) is 0 Å². The Morgan fingerprint density at radius 1 is 0.842 bits per heavy atom. The molecule has 0 aromatic heterocycles. The molecule has 2 aliphatic heterocycles. The number of hydrogen-bond donors (Lipinski definition) is 0. The molecule has 2 fully saturated rings. The van der Waals surface area contributed by atoms with Crippen molar-refractivity contribution >= 4 is 0 Å². The third-order valence-electron chi connectivity index (χ3n) is 4.36. The lowest BCUT2D eigenvalue weighted by atomic mass is 9.96. The van der Waals surface area contributed by atoms with Gasteiger partial charge in [-0.2, -0.15) is 0 Å². The maximum absolute atomic E-state index is 2.70. The third kappa shape index (κ3) is 6.24. The number of rotatable bonds is 4. The highest BCUT2D eigenvalue weighted by Gasteiger charge is 2.22. The smallest absolute Gasteiger partial charge is 0.0110 e. The largest absolute Gasteiger partial charge is 0.306 e. The number of hydrogen-bond acceptors (Lipinski definition) is 3. The second-order valence-electron chi connectivity index (χ2n) is 5.89. The fraction of sp³-hybridized carbons (Fsp3) is 1.00. The van der Waals surface area contributed by atoms with Crippen LogP contribution >= 0.6 is 0 Å². The molecule has 19 heavy (non-hydrogen) atoms. The van der Waals surface area contributed by atoms with Crippen LogP contribution in [0.1, 0.15) is 40.0 Å². The molecule has 0 saturated carbocycles. The molecule has 0 bridgehead atoms. The molecular weight excluding hydrogens is 234 g/mol. The molecule has 0 atom stereocenters. The standard InChI is InChI=1S/C14H29N3.C2H6/c1-3-6-16-9-11-17(12-10-16)13-14-4-7-15(2)8-5-14;1-2/h14H,3-13H2,1-2H3;1-2H3. The molecule has 0 aliphatic carbocycles. The summed E-state index contributed by atoms with van der Waals surface area (Å²) in [5.74, 6) is 0.962. The summed E-state index contributed by atoms with van der Waals surface area (Å²) in [5.41, 5.74) is 0. The van der Waals surface area contributed by atoms with Crippen LogP contribution in [-0.4, -0.2) is 74.1 Å². The molecule has 0 aromatic carbocycles. The Balaban J connectivity index is 0.000000861. The first-order valence-electron chi connectivity index (χ1n) is 8.41. The summed E-state index contributed by atoms with van der Waals surface area (Å²) in [6, 6.07) is 0. The van der Waals surface area contributed by atoms with Gasteiger partial charge < -0.3 is 14.7 Å². The van der Waals surface area contributed by atoms with Crippen molar-refractivity contribution in [2.24, 2.45) is 5.92 Å². The van der Waals surface area contributed by atoms with Crippen molar-refractivity contribution in [1.29, 1.82) is 0 Å². The zero-order valence-corrected chi connectivity index (χ0v) is 13.7. The molecule has 2 rings (SSSR count). The second kappa shape index (κ2) is 9.73. The summed E-state index contributed by atoms with van der Waals surface area (Å²) in [6.07, 6.45) is 4.12. The molecule has 3 heteroatoms. The van der Waals surface area contributed by atoms with E-state index in [9.17, 15) is 0 Å². The summed E-state index contributed by atoms with van der Waals surface area (Å²) in [4.78, 5) is 7.78. The number of nitrogens with zero attached hydrogens (tertiary/aromatic N) is 3. The van der Waals surface area contributed by atoms with E-state index >= 15 is 0 Å². The van der Waals surface area contributed by atoms with Crippen molar-refractivity contribution in [1.82, 2.24) is 14.7 Å². The summed E-state index contributed by atoms with van der Waals surface area (Å²) in [5, 5.41) is 0. The average molecular weight is 269 g/mol. The molecule has 0 amide bonds. The van der Waals surface area contributed by atoms with Gasteiger partial charge in [0.2, 0.25) is 0 Å². The Hall–Kier alpha value is -0.120. The van der Waals surface area contributed by atoms with E-state index in [0.29, 0.717) is 0 Å². The molecule has 114 valence electrons. The quantitative estimate of drug-likeness (QED) is 0.776. The highest BCUT2D eigenvalue weighted by atomic mass is 15.3. The van der Waals surface area contributed by atoms with Gasteiger partial charge in [0.15, 0.2) is 0 Å². The summed E-state index contributed by atoms with van der Waals surface area (Å²) < 4.78 is 0. The fourth-order valence-electron chi connectivity index (χ4n) is 3.12. The zero-order valence-electron chi connectivity index (χ0n) is 13.7. The first kappa shape index (κ1) is 16.9. The van der Waals surface area contributed by atoms with Crippen LogP contribution in [0, 0.1) is 5.92 Å². The van der Waals surface area contributed by atoms with E-state index < -0.39 is 0 Å². The highest BCUT2D eigenvalue weighted by Crippen LogP contribution is 2.18. The average Bonchev–Trinajstić information content (AvgIpc) is 2.46. The first-order chi connectivity index (χ1) is 9.28. The maximum Gasteiger partial charge on any atom is 0.0110 e. The minimum atomic E-state index is 0.962. The lowest BCUT2D eigenvalue weighted by Crippen LogP contribution is -2.48. The summed E-state index contributed by atoms with van der Waals surface area (Å²) in [6.45, 7) is 16.7. The van der Waals surface area contributed by atoms with Gasteiger partial charge in [-0.15, -0.1) is 0 Å². The lowest BCUT2D eigenvalue weighted by molar-refractivity contribution is 0.100. The van der Waals surface area contributed by atoms with Crippen LogP contribution in [0.2, 0.25) is 0 Å². The van der Waals surface area contributed by atoms with E-state index in [1.54, 1.807) is 0 Å². The van der Waals surface area contributed by atoms with E-state index in [2.05, 4.69) is 28.7 Å². The molecule has 0 unspecified atom stereocenters. The summed E-state index contributed by atoms with van der Waals surface area (Å²) >= 11 is 0. The van der Waals surface area contributed by atoms with Gasteiger partial charge in [0.25, 0.3) is 0 Å². The van der Waals surface area contributed by atoms with Gasteiger partial charge in [0.05, 0.1) is 0 Å². The molecule has 0 spiro atoms. The molecule has 0 radical (unpaired) electrons. The normalized spacial score (nSPS) is 24.0. The second-order valence-corrected chi connectivity index (χ2v) is 5.89. The molecule has 3 nitrogen and oxygen atoms in total. The van der Waals surface area contributed by atoms with E-state index in [-0.39, 0.29) is 0 Å². The minimum absolute atomic E-state index is 0.962. The van der Waals surface area contributed by atoms with Gasteiger partial charge in [-0.3, -0.25) is 0 Å². The van der Waals surface area contributed by atoms with Crippen molar-refractivity contribution in [3.63, 3.8) is 0 Å². The SMILES string of the molecule is CC.CCCN1CCN(CC2CCN(C)CC2)CC1. The Kier molecular flexibility index (Phi) is 8.67. The molecule has 2 heterocycles. The zero-order chi connectivity index (χ0) is 14.1. The minimum Gasteiger partial charge on any atom is -0.306 e. The van der Waals surface area contributed by atoms with Crippen LogP contribution in [0.5, 0.6) is 0 Å². The van der Waals surface area contributed by atoms with Gasteiger partial charge in [-0.05, 0) is 51.9 Å². The highest BCUT2D eigenvalue weighted by molar-refractivity contribution is 4.77. The van der Waals surface area contributed by atoms with E-state index in [4.69, 9.17) is 0 Å². The Bertz CT molecular complexity index is 204. The van der Waals surface area contributed by atoms with E-state index in [1.165, 1.54) is 71.6 Å². The maximum atomic E-state index is 2.70. The predicted molar refractivity (Wildman–Crippen MR) is 84.7 cm³/mol. The third-order valence-corrected chi connectivity index (χ3v) is 4.36.